The summed E-state index contributed by atoms with van der Waals surface area (Å²) in [5.74, 6) is 0.161. The molecular weight excluding hydrogens is 456 g/mol. The van der Waals surface area contributed by atoms with Gasteiger partial charge in [-0.25, -0.2) is 4.98 Å². The van der Waals surface area contributed by atoms with Crippen LogP contribution in [-0.2, 0) is 43.8 Å². The minimum absolute atomic E-state index is 0.0121. The van der Waals surface area contributed by atoms with Gasteiger partial charge in [-0.3, -0.25) is 14.4 Å². The molecule has 1 spiro atoms. The largest absolute Gasteiger partial charge is 0.366 e. The summed E-state index contributed by atoms with van der Waals surface area (Å²) in [5, 5.41) is 5.89. The fraction of sp³-hybridized carbons (Fsp3) is 0.286. The fourth-order valence-electron chi connectivity index (χ4n) is 6.36. The molecule has 3 atom stereocenters. The molecule has 0 saturated carbocycles. The molecule has 2 unspecified atom stereocenters. The van der Waals surface area contributed by atoms with Gasteiger partial charge in [0.2, 0.25) is 17.7 Å². The van der Waals surface area contributed by atoms with Crippen molar-refractivity contribution in [2.24, 2.45) is 0 Å². The second kappa shape index (κ2) is 7.73. The Bertz CT molecular complexity index is 1450. The first kappa shape index (κ1) is 21.3. The summed E-state index contributed by atoms with van der Waals surface area (Å²) in [4.78, 5) is 44.7. The van der Waals surface area contributed by atoms with Crippen molar-refractivity contribution in [3.63, 3.8) is 0 Å². The van der Waals surface area contributed by atoms with Crippen molar-refractivity contribution in [3.05, 3.63) is 88.6 Å². The van der Waals surface area contributed by atoms with E-state index < -0.39 is 5.41 Å². The van der Waals surface area contributed by atoms with Crippen molar-refractivity contribution in [1.29, 1.82) is 0 Å². The van der Waals surface area contributed by atoms with E-state index in [9.17, 15) is 14.4 Å². The zero-order chi connectivity index (χ0) is 24.4. The average molecular weight is 481 g/mol. The normalized spacial score (nSPS) is 25.3. The van der Waals surface area contributed by atoms with Crippen LogP contribution in [0.15, 0.2) is 60.8 Å². The SMILES string of the molecule is O=C(CN1C(=O)COC2Cc3ccccc3[C@H]21)Nc1ccc2c(c1)CC1(C2)C(=O)Nc2ncccc21. The molecular formula is C28H24N4O4. The molecule has 2 aliphatic carbocycles. The topological polar surface area (TPSA) is 101 Å². The Kier molecular flexibility index (Phi) is 4.56. The van der Waals surface area contributed by atoms with Crippen LogP contribution in [0, 0.1) is 0 Å². The number of carbonyl (C=O) groups is 3. The van der Waals surface area contributed by atoms with Crippen LogP contribution in [0.4, 0.5) is 11.5 Å². The number of hydrogen-bond donors (Lipinski definition) is 2. The van der Waals surface area contributed by atoms with Crippen molar-refractivity contribution >= 4 is 29.2 Å². The van der Waals surface area contributed by atoms with E-state index in [1.54, 1.807) is 11.1 Å². The summed E-state index contributed by atoms with van der Waals surface area (Å²) in [7, 11) is 0. The first-order valence-electron chi connectivity index (χ1n) is 12.2. The molecule has 0 radical (unpaired) electrons. The van der Waals surface area contributed by atoms with Crippen LogP contribution in [0.2, 0.25) is 0 Å². The van der Waals surface area contributed by atoms with Crippen LogP contribution < -0.4 is 10.6 Å². The third kappa shape index (κ3) is 3.10. The van der Waals surface area contributed by atoms with Crippen LogP contribution >= 0.6 is 0 Å². The number of benzene rings is 2. The Labute approximate surface area is 207 Å². The number of carbonyl (C=O) groups excluding carboxylic acids is 3. The Morgan fingerprint density at radius 1 is 1.08 bits per heavy atom. The van der Waals surface area contributed by atoms with Gasteiger partial charge in [-0.05, 0) is 53.3 Å². The number of fused-ring (bicyclic) bond motifs is 6. The first-order chi connectivity index (χ1) is 17.5. The molecule has 8 heteroatoms. The molecule has 1 aromatic heterocycles. The van der Waals surface area contributed by atoms with Gasteiger partial charge in [-0.15, -0.1) is 0 Å². The number of pyridine rings is 1. The summed E-state index contributed by atoms with van der Waals surface area (Å²) >= 11 is 0. The molecule has 3 amide bonds. The van der Waals surface area contributed by atoms with Gasteiger partial charge < -0.3 is 20.3 Å². The summed E-state index contributed by atoms with van der Waals surface area (Å²) in [6.45, 7) is -0.0536. The van der Waals surface area contributed by atoms with Crippen LogP contribution in [0.5, 0.6) is 0 Å². The number of nitrogens with zero attached hydrogens (tertiary/aromatic N) is 2. The second-order valence-corrected chi connectivity index (χ2v) is 10.0. The summed E-state index contributed by atoms with van der Waals surface area (Å²) in [6, 6.07) is 17.4. The smallest absolute Gasteiger partial charge is 0.249 e. The van der Waals surface area contributed by atoms with Crippen molar-refractivity contribution in [3.8, 4) is 0 Å². The second-order valence-electron chi connectivity index (χ2n) is 10.0. The summed E-state index contributed by atoms with van der Waals surface area (Å²) < 4.78 is 5.80. The first-order valence-corrected chi connectivity index (χ1v) is 12.2. The lowest BCUT2D eigenvalue weighted by Gasteiger charge is -2.37. The van der Waals surface area contributed by atoms with E-state index >= 15 is 0 Å². The van der Waals surface area contributed by atoms with Gasteiger partial charge in [0, 0.05) is 23.9 Å². The van der Waals surface area contributed by atoms with Gasteiger partial charge in [0.25, 0.3) is 0 Å². The Hall–Kier alpha value is -4.04. The lowest BCUT2D eigenvalue weighted by atomic mass is 9.79. The number of aromatic nitrogens is 1. The molecule has 1 fully saturated rings. The van der Waals surface area contributed by atoms with E-state index in [0.29, 0.717) is 24.3 Å². The van der Waals surface area contributed by atoms with E-state index in [1.165, 1.54) is 0 Å². The molecule has 1 saturated heterocycles. The van der Waals surface area contributed by atoms with Gasteiger partial charge in [0.05, 0.1) is 17.6 Å². The number of ether oxygens (including phenoxy) is 1. The number of hydrogen-bond acceptors (Lipinski definition) is 5. The molecule has 2 aliphatic heterocycles. The zero-order valence-corrected chi connectivity index (χ0v) is 19.5. The molecule has 180 valence electrons. The number of rotatable bonds is 3. The molecule has 2 N–H and O–H groups in total. The number of amides is 3. The van der Waals surface area contributed by atoms with Crippen LogP contribution in [0.1, 0.15) is 33.9 Å². The molecule has 36 heavy (non-hydrogen) atoms. The highest BCUT2D eigenvalue weighted by Gasteiger charge is 2.51. The maximum Gasteiger partial charge on any atom is 0.249 e. The predicted molar refractivity (Wildman–Crippen MR) is 131 cm³/mol. The number of morpholine rings is 1. The summed E-state index contributed by atoms with van der Waals surface area (Å²) in [6.07, 6.45) is 3.45. The standard InChI is InChI=1S/C28H24N4O4/c33-23(14-32-24(34)15-36-22-11-16-4-1-2-5-20(16)25(22)32)30-19-8-7-17-12-28(13-18(17)10-19)21-6-3-9-29-26(21)31-27(28)35/h1-10,22,25H,11-15H2,(H,30,33)(H,29,31,35)/t22?,25-,28?/m1/s1. The number of nitrogens with one attached hydrogen (secondary N) is 2. The van der Waals surface area contributed by atoms with Crippen molar-refractivity contribution in [2.45, 2.75) is 36.8 Å². The molecule has 7 rings (SSSR count). The van der Waals surface area contributed by atoms with Crippen LogP contribution in [0.3, 0.4) is 0 Å². The molecule has 0 bridgehead atoms. The molecule has 8 nitrogen and oxygen atoms in total. The van der Waals surface area contributed by atoms with Gasteiger partial charge in [0.1, 0.15) is 19.0 Å². The Morgan fingerprint density at radius 2 is 1.94 bits per heavy atom. The van der Waals surface area contributed by atoms with Gasteiger partial charge in [-0.1, -0.05) is 36.4 Å². The minimum Gasteiger partial charge on any atom is -0.366 e. The van der Waals surface area contributed by atoms with Crippen molar-refractivity contribution in [1.82, 2.24) is 9.88 Å². The Morgan fingerprint density at radius 3 is 2.86 bits per heavy atom. The molecule has 2 aromatic carbocycles. The van der Waals surface area contributed by atoms with Gasteiger partial charge in [0.15, 0.2) is 0 Å². The Balaban J connectivity index is 1.10. The van der Waals surface area contributed by atoms with Crippen LogP contribution in [0.25, 0.3) is 0 Å². The lowest BCUT2D eigenvalue weighted by Crippen LogP contribution is -2.50. The maximum atomic E-state index is 13.1. The zero-order valence-electron chi connectivity index (χ0n) is 19.5. The minimum atomic E-state index is -0.653. The third-order valence-electron chi connectivity index (χ3n) is 8.00. The maximum absolute atomic E-state index is 13.1. The number of anilines is 2. The highest BCUT2D eigenvalue weighted by atomic mass is 16.5. The van der Waals surface area contributed by atoms with E-state index in [-0.39, 0.29) is 43.0 Å². The van der Waals surface area contributed by atoms with Crippen molar-refractivity contribution < 1.29 is 19.1 Å². The van der Waals surface area contributed by atoms with Gasteiger partial charge >= 0.3 is 0 Å². The quantitative estimate of drug-likeness (QED) is 0.600. The van der Waals surface area contributed by atoms with E-state index in [2.05, 4.69) is 21.7 Å². The fourth-order valence-corrected chi connectivity index (χ4v) is 6.36. The highest BCUT2D eigenvalue weighted by Crippen LogP contribution is 2.47. The van der Waals surface area contributed by atoms with Gasteiger partial charge in [-0.2, -0.15) is 0 Å². The highest BCUT2D eigenvalue weighted by molar-refractivity contribution is 6.06. The van der Waals surface area contributed by atoms with E-state index in [1.807, 2.05) is 48.5 Å². The molecule has 3 aromatic rings. The molecule has 4 aliphatic rings. The molecule has 3 heterocycles. The predicted octanol–water partition coefficient (Wildman–Crippen LogP) is 2.53. The monoisotopic (exact) mass is 480 g/mol. The van der Waals surface area contributed by atoms with E-state index in [0.717, 1.165) is 34.2 Å². The summed E-state index contributed by atoms with van der Waals surface area (Å²) in [5.41, 5.74) is 5.27. The third-order valence-corrected chi connectivity index (χ3v) is 8.00. The average Bonchev–Trinajstić information content (AvgIpc) is 3.52. The van der Waals surface area contributed by atoms with Crippen molar-refractivity contribution in [2.75, 3.05) is 23.8 Å². The van der Waals surface area contributed by atoms with Crippen LogP contribution in [-0.4, -0.2) is 46.9 Å². The lowest BCUT2D eigenvalue weighted by molar-refractivity contribution is -0.157. The van der Waals surface area contributed by atoms with E-state index in [4.69, 9.17) is 4.74 Å².